The zero-order chi connectivity index (χ0) is 31.8. The number of hydrogen-bond donors (Lipinski definition) is 3. The van der Waals surface area contributed by atoms with Crippen LogP contribution in [0.15, 0.2) is 84.9 Å². The molecule has 0 atom stereocenters. The molecule has 12 heteroatoms. The van der Waals surface area contributed by atoms with E-state index in [1.54, 1.807) is 42.5 Å². The molecule has 224 valence electrons. The standard InChI is InChI=1S/C32H26Cl2N4O6/c33-25-13-11-19(17-27(25)35)29(39)21-7-1-3-9-23(21)31(41)36-15-5-6-16-37-32(42)24-10-4-2-8-22(24)30(40)20-12-14-26(34)28(18-20)38(43)44/h1-4,7-14,17-18H,5-6,15-16,35H2,(H,36,41)(H,37,42). The average molecular weight is 633 g/mol. The summed E-state index contributed by atoms with van der Waals surface area (Å²) in [7, 11) is 0. The molecule has 0 fully saturated rings. The maximum Gasteiger partial charge on any atom is 0.288 e. The number of nitrogens with zero attached hydrogens (tertiary/aromatic N) is 1. The van der Waals surface area contributed by atoms with E-state index in [0.29, 0.717) is 23.4 Å². The van der Waals surface area contributed by atoms with Crippen molar-refractivity contribution >= 4 is 58.0 Å². The van der Waals surface area contributed by atoms with Gasteiger partial charge in [-0.1, -0.05) is 59.6 Å². The Morgan fingerprint density at radius 2 is 1.09 bits per heavy atom. The van der Waals surface area contributed by atoms with E-state index in [1.807, 2.05) is 0 Å². The lowest BCUT2D eigenvalue weighted by molar-refractivity contribution is -0.384. The summed E-state index contributed by atoms with van der Waals surface area (Å²) in [4.78, 5) is 62.5. The summed E-state index contributed by atoms with van der Waals surface area (Å²) in [6, 6.07) is 20.8. The molecule has 0 saturated carbocycles. The van der Waals surface area contributed by atoms with Crippen molar-refractivity contribution in [2.75, 3.05) is 18.8 Å². The van der Waals surface area contributed by atoms with Crippen molar-refractivity contribution in [2.24, 2.45) is 0 Å². The number of carbonyl (C=O) groups excluding carboxylic acids is 4. The van der Waals surface area contributed by atoms with Crippen molar-refractivity contribution in [3.8, 4) is 0 Å². The molecule has 44 heavy (non-hydrogen) atoms. The summed E-state index contributed by atoms with van der Waals surface area (Å²) in [6.45, 7) is 0.548. The topological polar surface area (TPSA) is 162 Å². The number of nitrogen functional groups attached to an aromatic ring is 1. The fourth-order valence-corrected chi connectivity index (χ4v) is 4.70. The smallest absolute Gasteiger partial charge is 0.288 e. The van der Waals surface area contributed by atoms with Gasteiger partial charge in [0.2, 0.25) is 0 Å². The van der Waals surface area contributed by atoms with Crippen molar-refractivity contribution in [1.29, 1.82) is 0 Å². The molecule has 4 aromatic carbocycles. The molecule has 2 amide bonds. The van der Waals surface area contributed by atoms with Crippen LogP contribution in [0.5, 0.6) is 0 Å². The predicted octanol–water partition coefficient (Wildman–Crippen LogP) is 5.89. The highest BCUT2D eigenvalue weighted by atomic mass is 35.5. The zero-order valence-corrected chi connectivity index (χ0v) is 24.7. The van der Waals surface area contributed by atoms with Crippen LogP contribution in [-0.4, -0.2) is 41.4 Å². The van der Waals surface area contributed by atoms with Crippen LogP contribution in [0.4, 0.5) is 11.4 Å². The number of anilines is 1. The molecule has 0 radical (unpaired) electrons. The first-order valence-corrected chi connectivity index (χ1v) is 14.2. The minimum atomic E-state index is -0.684. The number of hydrogen-bond acceptors (Lipinski definition) is 7. The third-order valence-corrected chi connectivity index (χ3v) is 7.33. The molecule has 0 aliphatic carbocycles. The van der Waals surface area contributed by atoms with Gasteiger partial charge in [-0.3, -0.25) is 29.3 Å². The van der Waals surface area contributed by atoms with Gasteiger partial charge in [0.05, 0.1) is 26.8 Å². The normalized spacial score (nSPS) is 10.6. The minimum Gasteiger partial charge on any atom is -0.398 e. The van der Waals surface area contributed by atoms with Crippen LogP contribution in [-0.2, 0) is 0 Å². The van der Waals surface area contributed by atoms with E-state index in [9.17, 15) is 29.3 Å². The van der Waals surface area contributed by atoms with Gasteiger partial charge >= 0.3 is 0 Å². The van der Waals surface area contributed by atoms with Crippen LogP contribution in [0.1, 0.15) is 65.4 Å². The molecule has 4 aromatic rings. The second-order valence-corrected chi connectivity index (χ2v) is 10.4. The van der Waals surface area contributed by atoms with E-state index in [4.69, 9.17) is 28.9 Å². The summed E-state index contributed by atoms with van der Waals surface area (Å²) in [6.07, 6.45) is 1.03. The third kappa shape index (κ3) is 7.47. The van der Waals surface area contributed by atoms with Crippen LogP contribution in [0.25, 0.3) is 0 Å². The highest BCUT2D eigenvalue weighted by molar-refractivity contribution is 6.33. The maximum atomic E-state index is 13.1. The molecular formula is C32H26Cl2N4O6. The quantitative estimate of drug-likeness (QED) is 0.0577. The van der Waals surface area contributed by atoms with Crippen molar-refractivity contribution in [3.63, 3.8) is 0 Å². The highest BCUT2D eigenvalue weighted by Crippen LogP contribution is 2.27. The number of rotatable bonds is 12. The Hall–Kier alpha value is -5.06. The van der Waals surface area contributed by atoms with Crippen molar-refractivity contribution in [1.82, 2.24) is 10.6 Å². The van der Waals surface area contributed by atoms with Crippen LogP contribution < -0.4 is 16.4 Å². The molecule has 0 bridgehead atoms. The van der Waals surface area contributed by atoms with Crippen LogP contribution in [0.2, 0.25) is 10.0 Å². The number of nitro benzene ring substituents is 1. The molecule has 0 aliphatic heterocycles. The maximum absolute atomic E-state index is 13.1. The third-order valence-electron chi connectivity index (χ3n) is 6.67. The number of benzene rings is 4. The summed E-state index contributed by atoms with van der Waals surface area (Å²) < 4.78 is 0. The van der Waals surface area contributed by atoms with E-state index in [1.165, 1.54) is 36.4 Å². The Morgan fingerprint density at radius 1 is 0.659 bits per heavy atom. The lowest BCUT2D eigenvalue weighted by Gasteiger charge is -2.11. The van der Waals surface area contributed by atoms with Crippen molar-refractivity contribution in [2.45, 2.75) is 12.8 Å². The SMILES string of the molecule is Nc1cc(C(=O)c2ccccc2C(=O)NCCCCNC(=O)c2ccccc2C(=O)c2ccc(Cl)c([N+](=O)[O-])c2)ccc1Cl. The van der Waals surface area contributed by atoms with Crippen molar-refractivity contribution < 1.29 is 24.1 Å². The number of halogens is 2. The number of ketones is 2. The van der Waals surface area contributed by atoms with E-state index in [2.05, 4.69) is 10.6 Å². The molecule has 0 spiro atoms. The van der Waals surface area contributed by atoms with Gasteiger partial charge in [-0.05, 0) is 55.3 Å². The molecule has 0 unspecified atom stereocenters. The fourth-order valence-electron chi connectivity index (χ4n) is 4.39. The minimum absolute atomic E-state index is 0.0256. The monoisotopic (exact) mass is 632 g/mol. The van der Waals surface area contributed by atoms with Crippen LogP contribution in [0, 0.1) is 10.1 Å². The van der Waals surface area contributed by atoms with E-state index in [-0.39, 0.29) is 57.4 Å². The molecule has 10 nitrogen and oxygen atoms in total. The van der Waals surface area contributed by atoms with Gasteiger partial charge in [0, 0.05) is 41.4 Å². The first kappa shape index (κ1) is 31.9. The van der Waals surface area contributed by atoms with E-state index in [0.717, 1.165) is 6.07 Å². The van der Waals surface area contributed by atoms with E-state index < -0.39 is 28.2 Å². The van der Waals surface area contributed by atoms with Crippen molar-refractivity contribution in [3.05, 3.63) is 138 Å². The van der Waals surface area contributed by atoms with Crippen LogP contribution >= 0.6 is 23.2 Å². The molecule has 0 aliphatic rings. The lowest BCUT2D eigenvalue weighted by Crippen LogP contribution is -2.29. The van der Waals surface area contributed by atoms with Gasteiger partial charge in [0.15, 0.2) is 11.6 Å². The highest BCUT2D eigenvalue weighted by Gasteiger charge is 2.22. The Bertz CT molecular complexity index is 1780. The number of nitrogens with one attached hydrogen (secondary N) is 2. The van der Waals surface area contributed by atoms with Gasteiger partial charge in [-0.25, -0.2) is 0 Å². The first-order valence-electron chi connectivity index (χ1n) is 13.4. The predicted molar refractivity (Wildman–Crippen MR) is 168 cm³/mol. The summed E-state index contributed by atoms with van der Waals surface area (Å²) >= 11 is 11.8. The summed E-state index contributed by atoms with van der Waals surface area (Å²) in [5, 5.41) is 17.0. The Morgan fingerprint density at radius 3 is 1.55 bits per heavy atom. The number of nitro groups is 1. The van der Waals surface area contributed by atoms with Gasteiger partial charge in [-0.15, -0.1) is 0 Å². The van der Waals surface area contributed by atoms with Gasteiger partial charge in [0.1, 0.15) is 5.02 Å². The lowest BCUT2D eigenvalue weighted by atomic mass is 9.97. The summed E-state index contributed by atoms with van der Waals surface area (Å²) in [5.74, 6) is -1.84. The molecule has 0 aromatic heterocycles. The van der Waals surface area contributed by atoms with Gasteiger partial charge < -0.3 is 16.4 Å². The molecule has 4 rings (SSSR count). The van der Waals surface area contributed by atoms with Gasteiger partial charge in [0.25, 0.3) is 17.5 Å². The molecular weight excluding hydrogens is 607 g/mol. The molecule has 4 N–H and O–H groups in total. The Kier molecular flexibility index (Phi) is 10.4. The van der Waals surface area contributed by atoms with Gasteiger partial charge in [-0.2, -0.15) is 0 Å². The zero-order valence-electron chi connectivity index (χ0n) is 23.1. The number of unbranched alkanes of at least 4 members (excludes halogenated alkanes) is 1. The number of amides is 2. The van der Waals surface area contributed by atoms with E-state index >= 15 is 0 Å². The first-order chi connectivity index (χ1) is 21.1. The van der Waals surface area contributed by atoms with Crippen LogP contribution in [0.3, 0.4) is 0 Å². The molecule has 0 heterocycles. The summed E-state index contributed by atoms with van der Waals surface area (Å²) in [5.41, 5.74) is 6.65. The average Bonchev–Trinajstić information content (AvgIpc) is 3.03. The fraction of sp³-hybridized carbons (Fsp3) is 0.125. The largest absolute Gasteiger partial charge is 0.398 e. The number of nitrogens with two attached hydrogens (primary N) is 1. The Balaban J connectivity index is 1.31. The Labute approximate surface area is 262 Å². The molecule has 0 saturated heterocycles. The number of carbonyl (C=O) groups is 4. The second kappa shape index (κ2) is 14.4. The second-order valence-electron chi connectivity index (χ2n) is 9.63.